The maximum absolute atomic E-state index is 16.4. The van der Waals surface area contributed by atoms with Crippen LogP contribution in [0.5, 0.6) is 0 Å². The molecule has 0 bridgehead atoms. The number of aryl methyl sites for hydroxylation is 1. The second kappa shape index (κ2) is 39.4. The zero-order valence-corrected chi connectivity index (χ0v) is 66.0. The zero-order chi connectivity index (χ0) is 79.8. The Balaban J connectivity index is 1.48. The lowest BCUT2D eigenvalue weighted by Gasteiger charge is -2.39. The molecule has 580 valence electrons. The molecule has 6 aromatic rings. The number of nitrogens with one attached hydrogen (secondary N) is 4. The molecule has 0 aliphatic rings. The van der Waals surface area contributed by atoms with Gasteiger partial charge >= 0.3 is 29.8 Å². The number of aliphatic imine (C=N–C) groups is 1. The molecule has 3 amide bonds. The van der Waals surface area contributed by atoms with Crippen molar-refractivity contribution in [3.05, 3.63) is 214 Å². The fourth-order valence-corrected chi connectivity index (χ4v) is 13.8. The SMILES string of the molecule is CN=C(N)NCCC[C@H](CC(=O)[C@H](CC(=O)OC(C)(C)C)NC(=O)CC[C@H](N)C(=O)OC(C)(C)C)C(=O)N[C@@H](CC(=O)OC(C)(C)C)C(=O)C[C@@H](CC(=O)OC(C)(C)C)C(=O)N[C@@H](CSC(c1ccccc1)(c1ccccc1)c1ccccc1)C(=O)OC(c1ccccc1)(c1ccc(C)cc1)c1ccccc1Cl. The molecule has 22 nitrogen and oxygen atoms in total. The monoisotopic (exact) mass is 1520 g/mol. The number of nitrogens with two attached hydrogens (primary N) is 2. The second-order valence-corrected chi connectivity index (χ2v) is 32.3. The van der Waals surface area contributed by atoms with Crippen LogP contribution in [0.2, 0.25) is 5.02 Å². The van der Waals surface area contributed by atoms with Crippen molar-refractivity contribution in [2.45, 2.75) is 205 Å². The Morgan fingerprint density at radius 2 is 0.870 bits per heavy atom. The van der Waals surface area contributed by atoms with Crippen LogP contribution in [0.3, 0.4) is 0 Å². The number of hydrogen-bond donors (Lipinski definition) is 6. The zero-order valence-electron chi connectivity index (χ0n) is 64.4. The third-order valence-electron chi connectivity index (χ3n) is 16.9. The number of nitrogens with zero attached hydrogens (tertiary/aromatic N) is 1. The number of amides is 3. The van der Waals surface area contributed by atoms with E-state index in [2.05, 4.69) is 26.3 Å². The molecule has 0 aliphatic carbocycles. The van der Waals surface area contributed by atoms with Crippen molar-refractivity contribution in [3.8, 4) is 0 Å². The molecular weight excluding hydrogens is 1410 g/mol. The Hall–Kier alpha value is -9.71. The molecule has 0 radical (unpaired) electrons. The van der Waals surface area contributed by atoms with E-state index >= 15 is 19.2 Å². The molecule has 6 rings (SSSR count). The predicted molar refractivity (Wildman–Crippen MR) is 418 cm³/mol. The molecule has 0 aromatic heterocycles. The Morgan fingerprint density at radius 3 is 1.33 bits per heavy atom. The van der Waals surface area contributed by atoms with Gasteiger partial charge in [-0.25, -0.2) is 4.79 Å². The lowest BCUT2D eigenvalue weighted by Crippen LogP contribution is -2.51. The molecule has 8 N–H and O–H groups in total. The van der Waals surface area contributed by atoms with Gasteiger partial charge in [-0.1, -0.05) is 181 Å². The molecule has 0 aliphatic heterocycles. The normalized spacial score (nSPS) is 14.3. The van der Waals surface area contributed by atoms with Crippen molar-refractivity contribution >= 4 is 88.5 Å². The highest BCUT2D eigenvalue weighted by atomic mass is 35.5. The number of esters is 5. The number of hydrogen-bond acceptors (Lipinski definition) is 18. The number of carbonyl (C=O) groups is 10. The van der Waals surface area contributed by atoms with Crippen LogP contribution in [-0.4, -0.2) is 131 Å². The molecule has 24 heteroatoms. The number of Topliss-reactive ketones (excluding diaryl/α,β-unsaturated/α-hetero) is 2. The van der Waals surface area contributed by atoms with Crippen LogP contribution in [0.4, 0.5) is 0 Å². The predicted octanol–water partition coefficient (Wildman–Crippen LogP) is 11.8. The topological polar surface area (TPSA) is 329 Å². The lowest BCUT2D eigenvalue weighted by atomic mass is 9.79. The third kappa shape index (κ3) is 26.9. The summed E-state index contributed by atoms with van der Waals surface area (Å²) in [6.45, 7) is 21.5. The minimum Gasteiger partial charge on any atom is -0.460 e. The molecule has 1 unspecified atom stereocenters. The molecule has 7 atom stereocenters. The first kappa shape index (κ1) is 87.2. The second-order valence-electron chi connectivity index (χ2n) is 30.6. The Bertz CT molecular complexity index is 3970. The number of rotatable bonds is 36. The van der Waals surface area contributed by atoms with Gasteiger partial charge in [-0.2, -0.15) is 0 Å². The largest absolute Gasteiger partial charge is 0.460 e. The molecule has 0 saturated carbocycles. The molecule has 6 aromatic carbocycles. The van der Waals surface area contributed by atoms with Gasteiger partial charge in [0.05, 0.1) is 42.0 Å². The van der Waals surface area contributed by atoms with E-state index in [9.17, 15) is 28.8 Å². The van der Waals surface area contributed by atoms with Crippen molar-refractivity contribution < 1.29 is 71.6 Å². The van der Waals surface area contributed by atoms with Crippen LogP contribution in [0.25, 0.3) is 0 Å². The van der Waals surface area contributed by atoms with Gasteiger partial charge in [0.1, 0.15) is 34.5 Å². The number of ether oxygens (including phenoxy) is 5. The van der Waals surface area contributed by atoms with Gasteiger partial charge < -0.3 is 56.4 Å². The summed E-state index contributed by atoms with van der Waals surface area (Å²) in [6.07, 6.45) is -4.41. The van der Waals surface area contributed by atoms with E-state index in [0.29, 0.717) is 16.7 Å². The highest BCUT2D eigenvalue weighted by molar-refractivity contribution is 8.00. The summed E-state index contributed by atoms with van der Waals surface area (Å²) >= 11 is 8.56. The average molecular weight is 1520 g/mol. The number of carbonyl (C=O) groups excluding carboxylic acids is 10. The molecule has 0 fully saturated rings. The lowest BCUT2D eigenvalue weighted by molar-refractivity contribution is -0.160. The minimum atomic E-state index is -1.83. The first-order valence-electron chi connectivity index (χ1n) is 36.2. The van der Waals surface area contributed by atoms with Crippen LogP contribution in [0, 0.1) is 18.8 Å². The summed E-state index contributed by atoms with van der Waals surface area (Å²) in [5.41, 5.74) is 10.8. The Kier molecular flexibility index (Phi) is 31.8. The summed E-state index contributed by atoms with van der Waals surface area (Å²) in [5, 5.41) is 11.4. The molecule has 0 spiro atoms. The van der Waals surface area contributed by atoms with E-state index in [1.54, 1.807) is 132 Å². The van der Waals surface area contributed by atoms with E-state index in [0.717, 1.165) is 22.3 Å². The number of guanidine groups is 1. The van der Waals surface area contributed by atoms with Crippen molar-refractivity contribution in [1.29, 1.82) is 0 Å². The van der Waals surface area contributed by atoms with Crippen LogP contribution < -0.4 is 32.7 Å². The fourth-order valence-electron chi connectivity index (χ4n) is 12.0. The van der Waals surface area contributed by atoms with Crippen molar-refractivity contribution in [1.82, 2.24) is 21.3 Å². The summed E-state index contributed by atoms with van der Waals surface area (Å²) in [7, 11) is 1.46. The van der Waals surface area contributed by atoms with E-state index in [4.69, 9.17) is 46.8 Å². The van der Waals surface area contributed by atoms with Crippen LogP contribution in [0.15, 0.2) is 175 Å². The van der Waals surface area contributed by atoms with Gasteiger partial charge in [0.15, 0.2) is 23.1 Å². The van der Waals surface area contributed by atoms with Crippen molar-refractivity contribution in [2.75, 3.05) is 19.3 Å². The highest BCUT2D eigenvalue weighted by Gasteiger charge is 2.47. The van der Waals surface area contributed by atoms with Gasteiger partial charge in [-0.15, -0.1) is 11.8 Å². The molecule has 108 heavy (non-hydrogen) atoms. The Morgan fingerprint density at radius 1 is 0.463 bits per heavy atom. The highest BCUT2D eigenvalue weighted by Crippen LogP contribution is 2.50. The van der Waals surface area contributed by atoms with Crippen LogP contribution >= 0.6 is 23.4 Å². The van der Waals surface area contributed by atoms with Gasteiger partial charge in [-0.3, -0.25) is 48.1 Å². The smallest absolute Gasteiger partial charge is 0.331 e. The van der Waals surface area contributed by atoms with Gasteiger partial charge in [0.2, 0.25) is 17.7 Å². The van der Waals surface area contributed by atoms with E-state index in [1.165, 1.54) is 18.8 Å². The number of ketones is 2. The van der Waals surface area contributed by atoms with E-state index in [-0.39, 0.29) is 49.0 Å². The van der Waals surface area contributed by atoms with Gasteiger partial charge in [0, 0.05) is 66.2 Å². The molecule has 0 saturated heterocycles. The summed E-state index contributed by atoms with van der Waals surface area (Å²) in [4.78, 5) is 151. The van der Waals surface area contributed by atoms with Crippen LogP contribution in [0.1, 0.15) is 180 Å². The van der Waals surface area contributed by atoms with Gasteiger partial charge in [-0.05, 0) is 132 Å². The van der Waals surface area contributed by atoms with Crippen LogP contribution in [-0.2, 0) is 82.0 Å². The Labute approximate surface area is 644 Å². The average Bonchev–Trinajstić information content (AvgIpc) is 0.750. The summed E-state index contributed by atoms with van der Waals surface area (Å²) < 4.78 is 28.5. The van der Waals surface area contributed by atoms with Crippen molar-refractivity contribution in [2.24, 2.45) is 28.3 Å². The first-order chi connectivity index (χ1) is 50.7. The van der Waals surface area contributed by atoms with E-state index in [1.807, 2.05) is 128 Å². The molecular formula is C84H106ClN7O15S. The number of benzene rings is 6. The summed E-state index contributed by atoms with van der Waals surface area (Å²) in [5.74, 6) is -12.2. The molecule has 0 heterocycles. The standard InChI is InChI=1S/C84H106ClN7O15S/c1-54-41-43-58(44-42-54)83(57-31-19-15-20-32-57,62-39-27-28-40-63(62)85)107-77(102)67(53-108-84(59-33-21-16-22-34-59,60-35-23-17-24-36-60)61-37-25-18-26-38-61)92-75(100)56(50-71(96)103-79(2,3)4)49-69(94)66(52-73(98)105-81(8,9)10)91-74(99)55(30-29-47-89-78(87)88-14)48-68(93)65(51-72(97)104-80(5,6)7)90-70(95)46-45-64(86)76(101)106-82(11,12)13/h15-28,31-44,55-56,64-67H,29-30,45-53,86H2,1-14H3,(H,90,95)(H,91,99)(H,92,100)(H3,87,88,89)/t55-,56+,64+,65+,66+,67+,83?/m1/s1. The number of halogens is 1. The summed E-state index contributed by atoms with van der Waals surface area (Å²) in [6, 6.07) is 46.0. The van der Waals surface area contributed by atoms with E-state index < -0.39 is 160 Å². The quantitative estimate of drug-likeness (QED) is 0.00531. The maximum Gasteiger partial charge on any atom is 0.331 e. The fraction of sp³-hybridized carbons (Fsp3) is 0.440. The van der Waals surface area contributed by atoms with Crippen molar-refractivity contribution in [3.63, 3.8) is 0 Å². The third-order valence-corrected chi connectivity index (χ3v) is 18.9. The number of thioether (sulfide) groups is 1. The van der Waals surface area contributed by atoms with Gasteiger partial charge in [0.25, 0.3) is 0 Å². The maximum atomic E-state index is 16.4. The minimum absolute atomic E-state index is 0.0628. The first-order valence-corrected chi connectivity index (χ1v) is 37.6.